The van der Waals surface area contributed by atoms with Gasteiger partial charge in [0.15, 0.2) is 0 Å². The minimum Gasteiger partial charge on any atom is -0.317 e. The van der Waals surface area contributed by atoms with Gasteiger partial charge in [-0.15, -0.1) is 0 Å². The number of rotatable bonds is 7. The van der Waals surface area contributed by atoms with Crippen LogP contribution < -0.4 is 5.32 Å². The molecule has 1 N–H and O–H groups in total. The largest absolute Gasteiger partial charge is 0.317 e. The van der Waals surface area contributed by atoms with Crippen molar-refractivity contribution in [3.63, 3.8) is 0 Å². The van der Waals surface area contributed by atoms with Gasteiger partial charge in [-0.2, -0.15) is 0 Å². The van der Waals surface area contributed by atoms with Crippen LogP contribution in [0.3, 0.4) is 0 Å². The van der Waals surface area contributed by atoms with E-state index in [1.165, 1.54) is 46.0 Å². The van der Waals surface area contributed by atoms with E-state index in [1.807, 2.05) is 6.20 Å². The van der Waals surface area contributed by atoms with E-state index in [2.05, 4.69) is 74.3 Å². The number of piperidine rings is 1. The summed E-state index contributed by atoms with van der Waals surface area (Å²) in [6.07, 6.45) is 7.84. The van der Waals surface area contributed by atoms with Crippen molar-refractivity contribution < 1.29 is 0 Å². The Hall–Kier alpha value is -1.97. The van der Waals surface area contributed by atoms with Gasteiger partial charge in [0, 0.05) is 30.7 Å². The standard InChI is InChI=1S/C25H35N3/c1-5-19(2)16-20(3)21(4)17-28(23-11-13-26-14-12-23)18-25-24-9-7-6-8-22(24)10-15-27-25/h6-10,15-16,23,26H,5,11-14,17-18H2,1-4H3/b19-16-,21-20+. The van der Waals surface area contributed by atoms with Crippen LogP contribution in [0.5, 0.6) is 0 Å². The first kappa shape index (κ1) is 20.8. The Morgan fingerprint density at radius 3 is 2.64 bits per heavy atom. The lowest BCUT2D eigenvalue weighted by Crippen LogP contribution is -2.43. The molecule has 3 heteroatoms. The van der Waals surface area contributed by atoms with Gasteiger partial charge < -0.3 is 5.32 Å². The number of nitrogens with zero attached hydrogens (tertiary/aromatic N) is 2. The van der Waals surface area contributed by atoms with Crippen LogP contribution in [0.1, 0.15) is 52.7 Å². The summed E-state index contributed by atoms with van der Waals surface area (Å²) < 4.78 is 0. The molecule has 0 radical (unpaired) electrons. The maximum Gasteiger partial charge on any atom is 0.0622 e. The second-order valence-corrected chi connectivity index (χ2v) is 8.17. The van der Waals surface area contributed by atoms with Crippen molar-refractivity contribution in [3.05, 3.63) is 65.0 Å². The first-order valence-corrected chi connectivity index (χ1v) is 10.7. The molecule has 0 aliphatic carbocycles. The van der Waals surface area contributed by atoms with E-state index in [9.17, 15) is 0 Å². The fraction of sp³-hybridized carbons (Fsp3) is 0.480. The maximum atomic E-state index is 4.77. The fourth-order valence-corrected chi connectivity index (χ4v) is 4.01. The van der Waals surface area contributed by atoms with Gasteiger partial charge in [-0.05, 0) is 64.6 Å². The van der Waals surface area contributed by atoms with Gasteiger partial charge in [-0.25, -0.2) is 0 Å². The molecular weight excluding hydrogens is 342 g/mol. The quantitative estimate of drug-likeness (QED) is 0.648. The van der Waals surface area contributed by atoms with E-state index in [4.69, 9.17) is 4.98 Å². The molecule has 1 saturated heterocycles. The average molecular weight is 378 g/mol. The zero-order valence-electron chi connectivity index (χ0n) is 18.0. The number of hydrogen-bond acceptors (Lipinski definition) is 3. The van der Waals surface area contributed by atoms with Gasteiger partial charge in [0.1, 0.15) is 0 Å². The van der Waals surface area contributed by atoms with Gasteiger partial charge in [0.05, 0.1) is 5.69 Å². The van der Waals surface area contributed by atoms with Crippen LogP contribution in [-0.2, 0) is 6.54 Å². The molecule has 0 saturated carbocycles. The normalized spacial score (nSPS) is 17.2. The Morgan fingerprint density at radius 1 is 1.14 bits per heavy atom. The minimum atomic E-state index is 0.612. The van der Waals surface area contributed by atoms with Gasteiger partial charge in [0.2, 0.25) is 0 Å². The van der Waals surface area contributed by atoms with Crippen molar-refractivity contribution in [1.29, 1.82) is 0 Å². The molecule has 1 aromatic heterocycles. The molecule has 150 valence electrons. The molecule has 1 aliphatic rings. The first-order chi connectivity index (χ1) is 13.6. The van der Waals surface area contributed by atoms with Crippen LogP contribution in [0.25, 0.3) is 10.8 Å². The van der Waals surface area contributed by atoms with Crippen LogP contribution >= 0.6 is 0 Å². The average Bonchev–Trinajstić information content (AvgIpc) is 2.73. The lowest BCUT2D eigenvalue weighted by Gasteiger charge is -2.35. The van der Waals surface area contributed by atoms with Crippen molar-refractivity contribution in [2.75, 3.05) is 19.6 Å². The predicted molar refractivity (Wildman–Crippen MR) is 120 cm³/mol. The highest BCUT2D eigenvalue weighted by atomic mass is 15.2. The Bertz CT molecular complexity index is 838. The van der Waals surface area contributed by atoms with Crippen molar-refractivity contribution in [2.24, 2.45) is 0 Å². The van der Waals surface area contributed by atoms with E-state index < -0.39 is 0 Å². The lowest BCUT2D eigenvalue weighted by atomic mass is 10.0. The summed E-state index contributed by atoms with van der Waals surface area (Å²) in [6.45, 7) is 13.1. The van der Waals surface area contributed by atoms with Crippen LogP contribution in [0.2, 0.25) is 0 Å². The Kier molecular flexibility index (Phi) is 7.41. The highest BCUT2D eigenvalue weighted by Gasteiger charge is 2.22. The summed E-state index contributed by atoms with van der Waals surface area (Å²) in [6, 6.07) is 11.3. The molecule has 3 nitrogen and oxygen atoms in total. The summed E-state index contributed by atoms with van der Waals surface area (Å²) in [5, 5.41) is 6.07. The topological polar surface area (TPSA) is 28.2 Å². The van der Waals surface area contributed by atoms with Gasteiger partial charge in [0.25, 0.3) is 0 Å². The SMILES string of the molecule is CC/C(C)=C\C(C)=C(/C)CN(Cc1nccc2ccccc12)C1CCNCC1. The smallest absolute Gasteiger partial charge is 0.0622 e. The molecule has 2 heterocycles. The van der Waals surface area contributed by atoms with Crippen LogP contribution in [0.15, 0.2) is 59.3 Å². The van der Waals surface area contributed by atoms with E-state index in [0.29, 0.717) is 6.04 Å². The number of hydrogen-bond donors (Lipinski definition) is 1. The van der Waals surface area contributed by atoms with Crippen LogP contribution in [0, 0.1) is 0 Å². The van der Waals surface area contributed by atoms with Gasteiger partial charge in [-0.3, -0.25) is 9.88 Å². The lowest BCUT2D eigenvalue weighted by molar-refractivity contribution is 0.166. The molecule has 1 aliphatic heterocycles. The zero-order valence-corrected chi connectivity index (χ0v) is 18.0. The second-order valence-electron chi connectivity index (χ2n) is 8.17. The number of aromatic nitrogens is 1. The summed E-state index contributed by atoms with van der Waals surface area (Å²) in [5.74, 6) is 0. The molecule has 0 bridgehead atoms. The van der Waals surface area contributed by atoms with Crippen molar-refractivity contribution in [3.8, 4) is 0 Å². The molecule has 0 amide bonds. The molecular formula is C25H35N3. The van der Waals surface area contributed by atoms with Gasteiger partial charge >= 0.3 is 0 Å². The first-order valence-electron chi connectivity index (χ1n) is 10.7. The monoisotopic (exact) mass is 377 g/mol. The van der Waals surface area contributed by atoms with Crippen molar-refractivity contribution >= 4 is 10.8 Å². The molecule has 0 unspecified atom stereocenters. The zero-order chi connectivity index (χ0) is 19.9. The molecule has 1 aromatic carbocycles. The Labute approximate surface area is 170 Å². The van der Waals surface area contributed by atoms with Gasteiger partial charge in [-0.1, -0.05) is 54.0 Å². The molecule has 28 heavy (non-hydrogen) atoms. The Morgan fingerprint density at radius 2 is 1.89 bits per heavy atom. The molecule has 3 rings (SSSR count). The highest BCUT2D eigenvalue weighted by molar-refractivity contribution is 5.84. The third-order valence-corrected chi connectivity index (χ3v) is 6.07. The molecule has 1 fully saturated rings. The minimum absolute atomic E-state index is 0.612. The third kappa shape index (κ3) is 5.30. The summed E-state index contributed by atoms with van der Waals surface area (Å²) in [5.41, 5.74) is 5.51. The maximum absolute atomic E-state index is 4.77. The van der Waals surface area contributed by atoms with Crippen LogP contribution in [0.4, 0.5) is 0 Å². The summed E-state index contributed by atoms with van der Waals surface area (Å²) in [4.78, 5) is 7.43. The van der Waals surface area contributed by atoms with E-state index in [0.717, 1.165) is 32.6 Å². The van der Waals surface area contributed by atoms with Crippen LogP contribution in [-0.4, -0.2) is 35.6 Å². The van der Waals surface area contributed by atoms with Crippen molar-refractivity contribution in [1.82, 2.24) is 15.2 Å². The van der Waals surface area contributed by atoms with Crippen molar-refractivity contribution in [2.45, 2.75) is 59.5 Å². The number of pyridine rings is 1. The number of fused-ring (bicyclic) bond motifs is 1. The molecule has 2 aromatic rings. The fourth-order valence-electron chi connectivity index (χ4n) is 4.01. The molecule has 0 atom stereocenters. The number of benzene rings is 1. The highest BCUT2D eigenvalue weighted by Crippen LogP contribution is 2.23. The number of nitrogens with one attached hydrogen (secondary N) is 1. The van der Waals surface area contributed by atoms with E-state index in [1.54, 1.807) is 0 Å². The predicted octanol–water partition coefficient (Wildman–Crippen LogP) is 5.48. The van der Waals surface area contributed by atoms with E-state index >= 15 is 0 Å². The molecule has 0 spiro atoms. The Balaban J connectivity index is 1.88. The summed E-state index contributed by atoms with van der Waals surface area (Å²) in [7, 11) is 0. The van der Waals surface area contributed by atoms with E-state index in [-0.39, 0.29) is 0 Å². The second kappa shape index (κ2) is 9.99. The number of allylic oxidation sites excluding steroid dienone is 3. The summed E-state index contributed by atoms with van der Waals surface area (Å²) >= 11 is 0. The third-order valence-electron chi connectivity index (χ3n) is 6.07.